The summed E-state index contributed by atoms with van der Waals surface area (Å²) < 4.78 is 7.53. The van der Waals surface area contributed by atoms with Gasteiger partial charge in [0.05, 0.1) is 21.7 Å². The molecule has 5 aromatic rings. The number of benzene rings is 2. The summed E-state index contributed by atoms with van der Waals surface area (Å²) in [5.74, 6) is 0.272. The number of thiophene rings is 1. The third-order valence-electron chi connectivity index (χ3n) is 5.52. The first-order valence-corrected chi connectivity index (χ1v) is 11.5. The average Bonchev–Trinajstić information content (AvgIpc) is 3.47. The molecule has 3 heterocycles. The van der Waals surface area contributed by atoms with E-state index >= 15 is 0 Å². The number of fused-ring (bicyclic) bond motifs is 2. The van der Waals surface area contributed by atoms with Gasteiger partial charge in [-0.2, -0.15) is 10.4 Å². The van der Waals surface area contributed by atoms with Gasteiger partial charge in [0.1, 0.15) is 17.8 Å². The fourth-order valence-corrected chi connectivity index (χ4v) is 4.85. The van der Waals surface area contributed by atoms with E-state index in [1.165, 1.54) is 16.0 Å². The number of rotatable bonds is 5. The quantitative estimate of drug-likeness (QED) is 0.375. The number of anilines is 1. The number of aryl methyl sites for hydroxylation is 1. The standard InChI is InChI=1S/C25H19N5O3S/c1-3-29(18-7-8-20-21(12-18)33-15(2)27-20)22(31)14-30-25(32)19-9-10-34-24(19)23(28-30)17-6-4-5-16(11-17)13-26/h4-12H,3,14H2,1-2H3. The monoisotopic (exact) mass is 469 g/mol. The molecular weight excluding hydrogens is 450 g/mol. The van der Waals surface area contributed by atoms with Crippen LogP contribution in [0.15, 0.2) is 63.1 Å². The summed E-state index contributed by atoms with van der Waals surface area (Å²) in [5.41, 5.74) is 3.41. The number of oxazole rings is 1. The van der Waals surface area contributed by atoms with Crippen molar-refractivity contribution in [2.75, 3.05) is 11.4 Å². The van der Waals surface area contributed by atoms with Crippen molar-refractivity contribution in [1.82, 2.24) is 14.8 Å². The molecule has 0 saturated carbocycles. The van der Waals surface area contributed by atoms with Crippen molar-refractivity contribution in [2.24, 2.45) is 0 Å². The first-order valence-electron chi connectivity index (χ1n) is 10.6. The zero-order chi connectivity index (χ0) is 23.8. The molecule has 0 unspecified atom stereocenters. The predicted molar refractivity (Wildman–Crippen MR) is 131 cm³/mol. The minimum Gasteiger partial charge on any atom is -0.441 e. The van der Waals surface area contributed by atoms with Crippen LogP contribution in [0.4, 0.5) is 5.69 Å². The van der Waals surface area contributed by atoms with Crippen LogP contribution in [0.3, 0.4) is 0 Å². The van der Waals surface area contributed by atoms with E-state index < -0.39 is 0 Å². The van der Waals surface area contributed by atoms with Gasteiger partial charge in [0.15, 0.2) is 11.5 Å². The molecular formula is C25H19N5O3S. The summed E-state index contributed by atoms with van der Waals surface area (Å²) in [6, 6.07) is 16.3. The molecule has 34 heavy (non-hydrogen) atoms. The van der Waals surface area contributed by atoms with Crippen LogP contribution in [-0.2, 0) is 11.3 Å². The lowest BCUT2D eigenvalue weighted by Crippen LogP contribution is -2.37. The van der Waals surface area contributed by atoms with Gasteiger partial charge in [0, 0.05) is 30.8 Å². The zero-order valence-corrected chi connectivity index (χ0v) is 19.3. The van der Waals surface area contributed by atoms with Gasteiger partial charge in [-0.05, 0) is 42.6 Å². The van der Waals surface area contributed by atoms with Gasteiger partial charge in [-0.1, -0.05) is 12.1 Å². The third-order valence-corrected chi connectivity index (χ3v) is 6.45. The Morgan fingerprint density at radius 3 is 2.88 bits per heavy atom. The van der Waals surface area contributed by atoms with Crippen LogP contribution < -0.4 is 10.5 Å². The number of hydrogen-bond donors (Lipinski definition) is 0. The second-order valence-corrected chi connectivity index (χ2v) is 8.61. The van der Waals surface area contributed by atoms with E-state index in [-0.39, 0.29) is 18.0 Å². The van der Waals surface area contributed by atoms with Gasteiger partial charge in [-0.25, -0.2) is 9.67 Å². The number of amides is 1. The number of nitrogens with zero attached hydrogens (tertiary/aromatic N) is 5. The molecule has 0 aliphatic heterocycles. The van der Waals surface area contributed by atoms with Gasteiger partial charge >= 0.3 is 0 Å². The first-order chi connectivity index (χ1) is 16.5. The smallest absolute Gasteiger partial charge is 0.276 e. The van der Waals surface area contributed by atoms with Gasteiger partial charge in [-0.15, -0.1) is 11.3 Å². The van der Waals surface area contributed by atoms with Crippen molar-refractivity contribution in [3.8, 4) is 17.3 Å². The van der Waals surface area contributed by atoms with E-state index in [2.05, 4.69) is 16.2 Å². The number of aromatic nitrogens is 3. The normalized spacial score (nSPS) is 11.1. The Balaban J connectivity index is 1.54. The Kier molecular flexibility index (Phi) is 5.43. The summed E-state index contributed by atoms with van der Waals surface area (Å²) in [6.45, 7) is 3.82. The molecule has 0 spiro atoms. The third kappa shape index (κ3) is 3.74. The Hall–Kier alpha value is -4.29. The van der Waals surface area contributed by atoms with E-state index in [4.69, 9.17) is 4.42 Å². The maximum absolute atomic E-state index is 13.3. The molecule has 168 valence electrons. The highest BCUT2D eigenvalue weighted by molar-refractivity contribution is 7.17. The molecule has 0 aliphatic carbocycles. The van der Waals surface area contributed by atoms with Crippen LogP contribution in [-0.4, -0.2) is 27.2 Å². The van der Waals surface area contributed by atoms with Crippen molar-refractivity contribution in [1.29, 1.82) is 5.26 Å². The van der Waals surface area contributed by atoms with Crippen molar-refractivity contribution >= 4 is 44.1 Å². The van der Waals surface area contributed by atoms with Gasteiger partial charge in [-0.3, -0.25) is 9.59 Å². The highest BCUT2D eigenvalue weighted by Crippen LogP contribution is 2.29. The molecule has 9 heteroatoms. The SMILES string of the molecule is CCN(C(=O)Cn1nc(-c2cccc(C#N)c2)c2sccc2c1=O)c1ccc2nc(C)oc2c1. The molecule has 0 N–H and O–H groups in total. The van der Waals surface area contributed by atoms with Crippen molar-refractivity contribution < 1.29 is 9.21 Å². The van der Waals surface area contributed by atoms with E-state index in [1.54, 1.807) is 48.2 Å². The lowest BCUT2D eigenvalue weighted by molar-refractivity contribution is -0.119. The van der Waals surface area contributed by atoms with E-state index in [0.29, 0.717) is 45.9 Å². The number of likely N-dealkylation sites (N-methyl/N-ethyl adjacent to an activating group) is 1. The molecule has 8 nitrogen and oxygen atoms in total. The second-order valence-electron chi connectivity index (χ2n) is 7.69. The Bertz CT molecular complexity index is 1660. The number of carbonyl (C=O) groups is 1. The molecule has 3 aromatic heterocycles. The molecule has 0 atom stereocenters. The molecule has 5 rings (SSSR count). The van der Waals surface area contributed by atoms with Crippen LogP contribution >= 0.6 is 11.3 Å². The molecule has 0 radical (unpaired) electrons. The highest BCUT2D eigenvalue weighted by atomic mass is 32.1. The summed E-state index contributed by atoms with van der Waals surface area (Å²) in [5, 5.41) is 16.1. The van der Waals surface area contributed by atoms with E-state index in [9.17, 15) is 14.9 Å². The Morgan fingerprint density at radius 2 is 2.09 bits per heavy atom. The molecule has 2 aromatic carbocycles. The maximum atomic E-state index is 13.3. The van der Waals surface area contributed by atoms with E-state index in [1.807, 2.05) is 24.4 Å². The summed E-state index contributed by atoms with van der Waals surface area (Å²) in [7, 11) is 0. The molecule has 0 saturated heterocycles. The van der Waals surface area contributed by atoms with Crippen LogP contribution in [0.25, 0.3) is 32.4 Å². The number of carbonyl (C=O) groups excluding carboxylic acids is 1. The highest BCUT2D eigenvalue weighted by Gasteiger charge is 2.20. The summed E-state index contributed by atoms with van der Waals surface area (Å²) in [4.78, 5) is 32.3. The lowest BCUT2D eigenvalue weighted by atomic mass is 10.1. The van der Waals surface area contributed by atoms with Crippen LogP contribution in [0.1, 0.15) is 18.4 Å². The largest absolute Gasteiger partial charge is 0.441 e. The minimum absolute atomic E-state index is 0.225. The van der Waals surface area contributed by atoms with Crippen LogP contribution in [0, 0.1) is 18.3 Å². The van der Waals surface area contributed by atoms with Gasteiger partial charge < -0.3 is 9.32 Å². The average molecular weight is 470 g/mol. The Labute approximate surface area is 198 Å². The number of hydrogen-bond acceptors (Lipinski definition) is 7. The fraction of sp³-hybridized carbons (Fsp3) is 0.160. The molecule has 0 aliphatic rings. The predicted octanol–water partition coefficient (Wildman–Crippen LogP) is 4.50. The van der Waals surface area contributed by atoms with Crippen molar-refractivity contribution in [3.05, 3.63) is 75.7 Å². The van der Waals surface area contributed by atoms with Crippen LogP contribution in [0.2, 0.25) is 0 Å². The second kappa shape index (κ2) is 8.57. The Morgan fingerprint density at radius 1 is 1.24 bits per heavy atom. The maximum Gasteiger partial charge on any atom is 0.276 e. The van der Waals surface area contributed by atoms with Gasteiger partial charge in [0.25, 0.3) is 5.56 Å². The lowest BCUT2D eigenvalue weighted by Gasteiger charge is -2.21. The van der Waals surface area contributed by atoms with Gasteiger partial charge in [0.2, 0.25) is 5.91 Å². The van der Waals surface area contributed by atoms with Crippen molar-refractivity contribution in [3.63, 3.8) is 0 Å². The summed E-state index contributed by atoms with van der Waals surface area (Å²) in [6.07, 6.45) is 0. The number of nitriles is 1. The molecule has 0 fully saturated rings. The van der Waals surface area contributed by atoms with E-state index in [0.717, 1.165) is 10.2 Å². The topological polar surface area (TPSA) is 105 Å². The summed E-state index contributed by atoms with van der Waals surface area (Å²) >= 11 is 1.40. The zero-order valence-electron chi connectivity index (χ0n) is 18.5. The molecule has 1 amide bonds. The minimum atomic E-state index is -0.331. The van der Waals surface area contributed by atoms with Crippen molar-refractivity contribution in [2.45, 2.75) is 20.4 Å². The fourth-order valence-electron chi connectivity index (χ4n) is 3.96. The molecule has 0 bridgehead atoms. The first kappa shape index (κ1) is 21.6. The van der Waals surface area contributed by atoms with Crippen LogP contribution in [0.5, 0.6) is 0 Å².